The number of carbonyl (C=O) groups is 1. The third-order valence-electron chi connectivity index (χ3n) is 2.88. The molecule has 0 bridgehead atoms. The molecule has 0 aliphatic carbocycles. The molecule has 0 saturated heterocycles. The maximum absolute atomic E-state index is 11.2. The van der Waals surface area contributed by atoms with Crippen LogP contribution in [0.1, 0.15) is 23.6 Å². The first-order valence-electron chi connectivity index (χ1n) is 6.07. The van der Waals surface area contributed by atoms with Crippen LogP contribution in [0.3, 0.4) is 0 Å². The van der Waals surface area contributed by atoms with Gasteiger partial charge in [-0.3, -0.25) is 9.48 Å². The summed E-state index contributed by atoms with van der Waals surface area (Å²) in [5, 5.41) is 4.25. The lowest BCUT2D eigenvalue weighted by Crippen LogP contribution is -2.15. The summed E-state index contributed by atoms with van der Waals surface area (Å²) in [4.78, 5) is 11.2. The Labute approximate surface area is 112 Å². The zero-order valence-corrected chi connectivity index (χ0v) is 10.8. The lowest BCUT2D eigenvalue weighted by Gasteiger charge is -2.07. The minimum Gasteiger partial charge on any atom is -0.469 e. The lowest BCUT2D eigenvalue weighted by molar-refractivity contribution is -0.141. The molecule has 5 heteroatoms. The molecule has 2 aromatic rings. The third-order valence-corrected chi connectivity index (χ3v) is 2.88. The maximum Gasteiger partial charge on any atom is 0.307 e. The summed E-state index contributed by atoms with van der Waals surface area (Å²) in [5.74, 6) is -0.316. The van der Waals surface area contributed by atoms with Crippen molar-refractivity contribution in [2.45, 2.75) is 19.0 Å². The number of ether oxygens (including phenoxy) is 1. The fourth-order valence-electron chi connectivity index (χ4n) is 1.81. The average molecular weight is 259 g/mol. The quantitative estimate of drug-likeness (QED) is 0.826. The number of methoxy groups -OCH3 is 1. The number of hydrogen-bond acceptors (Lipinski definition) is 4. The second-order valence-corrected chi connectivity index (χ2v) is 4.34. The number of nitrogens with two attached hydrogens (primary N) is 1. The molecule has 0 unspecified atom stereocenters. The summed E-state index contributed by atoms with van der Waals surface area (Å²) in [6.07, 6.45) is 3.71. The first-order chi connectivity index (χ1) is 9.19. The molecule has 0 fully saturated rings. The molecule has 0 aliphatic rings. The van der Waals surface area contributed by atoms with Crippen molar-refractivity contribution in [2.24, 2.45) is 5.73 Å². The van der Waals surface area contributed by atoms with Crippen LogP contribution < -0.4 is 5.73 Å². The average Bonchev–Trinajstić information content (AvgIpc) is 2.88. The van der Waals surface area contributed by atoms with Crippen molar-refractivity contribution in [3.8, 4) is 0 Å². The molecule has 2 rings (SSSR count). The van der Waals surface area contributed by atoms with E-state index in [2.05, 4.69) is 9.84 Å². The first kappa shape index (κ1) is 13.3. The van der Waals surface area contributed by atoms with Gasteiger partial charge in [0.05, 0.1) is 26.3 Å². The molecule has 0 spiro atoms. The van der Waals surface area contributed by atoms with Crippen LogP contribution in [0, 0.1) is 0 Å². The van der Waals surface area contributed by atoms with Crippen LogP contribution in [0.25, 0.3) is 0 Å². The van der Waals surface area contributed by atoms with Crippen LogP contribution in [-0.4, -0.2) is 22.9 Å². The second kappa shape index (κ2) is 6.15. The van der Waals surface area contributed by atoms with Gasteiger partial charge in [0, 0.05) is 17.8 Å². The topological polar surface area (TPSA) is 70.1 Å². The number of aromatic nitrogens is 2. The van der Waals surface area contributed by atoms with Gasteiger partial charge in [0.15, 0.2) is 0 Å². The van der Waals surface area contributed by atoms with E-state index in [0.29, 0.717) is 6.54 Å². The molecule has 1 aromatic heterocycles. The van der Waals surface area contributed by atoms with Crippen molar-refractivity contribution >= 4 is 5.97 Å². The standard InChI is InChI=1S/C14H17N3O2/c1-19-14(18)7-13(15)12-8-16-17(10-12)9-11-5-3-2-4-6-11/h2-6,8,10,13H,7,9,15H2,1H3/t13-/m1/s1. The maximum atomic E-state index is 11.2. The van der Waals surface area contributed by atoms with Crippen molar-refractivity contribution in [1.29, 1.82) is 0 Å². The molecule has 2 N–H and O–H groups in total. The number of hydrogen-bond donors (Lipinski definition) is 1. The van der Waals surface area contributed by atoms with Crippen molar-refractivity contribution in [3.05, 3.63) is 53.9 Å². The summed E-state index contributed by atoms with van der Waals surface area (Å²) in [6.45, 7) is 0.686. The van der Waals surface area contributed by atoms with Gasteiger partial charge in [-0.1, -0.05) is 30.3 Å². The zero-order chi connectivity index (χ0) is 13.7. The van der Waals surface area contributed by atoms with Gasteiger partial charge < -0.3 is 10.5 Å². The van der Waals surface area contributed by atoms with Crippen LogP contribution in [0.5, 0.6) is 0 Å². The Hall–Kier alpha value is -2.14. The van der Waals surface area contributed by atoms with Gasteiger partial charge in [-0.05, 0) is 5.56 Å². The van der Waals surface area contributed by atoms with Crippen LogP contribution in [0.15, 0.2) is 42.7 Å². The Kier molecular flexibility index (Phi) is 4.30. The minimum atomic E-state index is -0.378. The molecule has 1 heterocycles. The van der Waals surface area contributed by atoms with Gasteiger partial charge in [-0.2, -0.15) is 5.10 Å². The number of carbonyl (C=O) groups excluding carboxylic acids is 1. The van der Waals surface area contributed by atoms with Crippen molar-refractivity contribution < 1.29 is 9.53 Å². The monoisotopic (exact) mass is 259 g/mol. The zero-order valence-electron chi connectivity index (χ0n) is 10.8. The van der Waals surface area contributed by atoms with Gasteiger partial charge in [0.1, 0.15) is 0 Å². The fraction of sp³-hybridized carbons (Fsp3) is 0.286. The molecule has 0 radical (unpaired) electrons. The third kappa shape index (κ3) is 3.66. The van der Waals surface area contributed by atoms with E-state index in [9.17, 15) is 4.79 Å². The Balaban J connectivity index is 2.01. The van der Waals surface area contributed by atoms with Gasteiger partial charge in [-0.25, -0.2) is 0 Å². The number of benzene rings is 1. The normalized spacial score (nSPS) is 12.1. The van der Waals surface area contributed by atoms with Gasteiger partial charge >= 0.3 is 5.97 Å². The largest absolute Gasteiger partial charge is 0.469 e. The van der Waals surface area contributed by atoms with E-state index in [1.807, 2.05) is 41.2 Å². The molecular formula is C14H17N3O2. The Morgan fingerprint density at radius 2 is 2.16 bits per heavy atom. The smallest absolute Gasteiger partial charge is 0.307 e. The van der Waals surface area contributed by atoms with E-state index in [-0.39, 0.29) is 18.4 Å². The van der Waals surface area contributed by atoms with E-state index in [0.717, 1.165) is 5.56 Å². The molecule has 0 saturated carbocycles. The molecule has 19 heavy (non-hydrogen) atoms. The molecular weight excluding hydrogens is 242 g/mol. The van der Waals surface area contributed by atoms with Crippen LogP contribution in [0.4, 0.5) is 0 Å². The molecule has 5 nitrogen and oxygen atoms in total. The number of nitrogens with zero attached hydrogens (tertiary/aromatic N) is 2. The Morgan fingerprint density at radius 3 is 2.84 bits per heavy atom. The van der Waals surface area contributed by atoms with Gasteiger partial charge in [0.25, 0.3) is 0 Å². The summed E-state index contributed by atoms with van der Waals surface area (Å²) in [5.41, 5.74) is 7.92. The minimum absolute atomic E-state index is 0.160. The van der Waals surface area contributed by atoms with Crippen molar-refractivity contribution in [1.82, 2.24) is 9.78 Å². The molecule has 1 aromatic carbocycles. The highest BCUT2D eigenvalue weighted by Crippen LogP contribution is 2.14. The predicted molar refractivity (Wildman–Crippen MR) is 71.3 cm³/mol. The summed E-state index contributed by atoms with van der Waals surface area (Å²) in [7, 11) is 1.36. The van der Waals surface area contributed by atoms with Crippen LogP contribution in [-0.2, 0) is 16.1 Å². The van der Waals surface area contributed by atoms with E-state index < -0.39 is 0 Å². The molecule has 0 aliphatic heterocycles. The highest BCUT2D eigenvalue weighted by molar-refractivity contribution is 5.70. The highest BCUT2D eigenvalue weighted by Gasteiger charge is 2.13. The lowest BCUT2D eigenvalue weighted by atomic mass is 10.1. The highest BCUT2D eigenvalue weighted by atomic mass is 16.5. The van der Waals surface area contributed by atoms with Crippen molar-refractivity contribution in [3.63, 3.8) is 0 Å². The summed E-state index contributed by atoms with van der Waals surface area (Å²) < 4.78 is 6.41. The first-order valence-corrected chi connectivity index (χ1v) is 6.07. The van der Waals surface area contributed by atoms with Gasteiger partial charge in [0.2, 0.25) is 0 Å². The molecule has 1 atom stereocenters. The second-order valence-electron chi connectivity index (χ2n) is 4.34. The summed E-state index contributed by atoms with van der Waals surface area (Å²) >= 11 is 0. The van der Waals surface area contributed by atoms with E-state index in [1.165, 1.54) is 12.7 Å². The van der Waals surface area contributed by atoms with E-state index in [1.54, 1.807) is 6.20 Å². The molecule has 100 valence electrons. The SMILES string of the molecule is COC(=O)C[C@@H](N)c1cnn(Cc2ccccc2)c1. The van der Waals surface area contributed by atoms with E-state index in [4.69, 9.17) is 5.73 Å². The number of rotatable bonds is 5. The van der Waals surface area contributed by atoms with Crippen LogP contribution >= 0.6 is 0 Å². The fourth-order valence-corrected chi connectivity index (χ4v) is 1.81. The van der Waals surface area contributed by atoms with E-state index >= 15 is 0 Å². The Morgan fingerprint density at radius 1 is 1.42 bits per heavy atom. The number of esters is 1. The van der Waals surface area contributed by atoms with Crippen LogP contribution in [0.2, 0.25) is 0 Å². The molecule has 0 amide bonds. The summed E-state index contributed by atoms with van der Waals surface area (Å²) in [6, 6.07) is 9.65. The Bertz CT molecular complexity index is 537. The van der Waals surface area contributed by atoms with Gasteiger partial charge in [-0.15, -0.1) is 0 Å². The predicted octanol–water partition coefficient (Wildman–Crippen LogP) is 1.49. The van der Waals surface area contributed by atoms with Crippen molar-refractivity contribution in [2.75, 3.05) is 7.11 Å².